The van der Waals surface area contributed by atoms with E-state index in [1.54, 1.807) is 31.2 Å². The summed E-state index contributed by atoms with van der Waals surface area (Å²) in [6.07, 6.45) is 0. The third kappa shape index (κ3) is 7.89. The van der Waals surface area contributed by atoms with Gasteiger partial charge in [-0.25, -0.2) is 0 Å². The van der Waals surface area contributed by atoms with E-state index in [1.807, 2.05) is 0 Å². The molecule has 0 saturated heterocycles. The number of thiocarbonyl (C=S) groups is 1. The monoisotopic (exact) mass is 353 g/mol. The van der Waals surface area contributed by atoms with Crippen LogP contribution in [0, 0.1) is 5.92 Å². The minimum Gasteiger partial charge on any atom is -0.493 e. The van der Waals surface area contributed by atoms with Gasteiger partial charge in [-0.05, 0) is 49.3 Å². The van der Waals surface area contributed by atoms with E-state index < -0.39 is 0 Å². The summed E-state index contributed by atoms with van der Waals surface area (Å²) >= 11 is 4.93. The highest BCUT2D eigenvalue weighted by Gasteiger charge is 2.09. The van der Waals surface area contributed by atoms with Crippen LogP contribution in [-0.4, -0.2) is 36.7 Å². The van der Waals surface area contributed by atoms with Gasteiger partial charge in [-0.1, -0.05) is 13.8 Å². The molecule has 0 radical (unpaired) electrons. The van der Waals surface area contributed by atoms with Crippen LogP contribution in [0.5, 0.6) is 5.75 Å². The summed E-state index contributed by atoms with van der Waals surface area (Å²) in [6.45, 7) is 6.86. The molecule has 24 heavy (non-hydrogen) atoms. The molecule has 0 fully saturated rings. The molecule has 0 saturated carbocycles. The third-order valence-corrected chi connectivity index (χ3v) is 2.88. The van der Waals surface area contributed by atoms with Gasteiger partial charge in [0.15, 0.2) is 5.11 Å². The first-order chi connectivity index (χ1) is 11.4. The summed E-state index contributed by atoms with van der Waals surface area (Å²) in [5.74, 6) is 0.348. The van der Waals surface area contributed by atoms with Crippen molar-refractivity contribution in [3.63, 3.8) is 0 Å². The smallest absolute Gasteiger partial charge is 0.264 e. The number of amides is 2. The predicted molar refractivity (Wildman–Crippen MR) is 94.6 cm³/mol. The molecule has 1 aromatic carbocycles. The van der Waals surface area contributed by atoms with Crippen LogP contribution in [0.1, 0.15) is 31.1 Å². The second-order valence-corrected chi connectivity index (χ2v) is 5.73. The Labute approximate surface area is 147 Å². The van der Waals surface area contributed by atoms with Crippen LogP contribution < -0.4 is 20.9 Å². The maximum absolute atomic E-state index is 12.0. The molecule has 3 N–H and O–H groups in total. The molecule has 132 valence electrons. The molecule has 1 rings (SSSR count). The lowest BCUT2D eigenvalue weighted by Gasteiger charge is -2.11. The molecule has 0 atom stereocenters. The largest absolute Gasteiger partial charge is 0.493 e. The van der Waals surface area contributed by atoms with Gasteiger partial charge in [0, 0.05) is 12.2 Å². The highest BCUT2D eigenvalue weighted by atomic mass is 32.1. The van der Waals surface area contributed by atoms with Crippen LogP contribution >= 0.6 is 12.2 Å². The van der Waals surface area contributed by atoms with Crippen molar-refractivity contribution in [2.24, 2.45) is 5.92 Å². The molecule has 1 aromatic rings. The molecule has 0 aliphatic heterocycles. The van der Waals surface area contributed by atoms with Crippen LogP contribution in [0.4, 0.5) is 0 Å². The molecule has 8 heteroatoms. The zero-order valence-corrected chi connectivity index (χ0v) is 14.9. The number of hydrazine groups is 1. The van der Waals surface area contributed by atoms with Gasteiger partial charge in [-0.15, -0.1) is 0 Å². The number of carbonyl (C=O) groups excluding carboxylic acids is 2. The van der Waals surface area contributed by atoms with Gasteiger partial charge in [0.1, 0.15) is 12.4 Å². The number of nitrogens with one attached hydrogen (secondary N) is 3. The number of hydrogen-bond acceptors (Lipinski definition) is 5. The van der Waals surface area contributed by atoms with Crippen molar-refractivity contribution >= 4 is 29.1 Å². The molecule has 7 nitrogen and oxygen atoms in total. The molecular formula is C16H23N3O4S. The van der Waals surface area contributed by atoms with Crippen LogP contribution in [-0.2, 0) is 9.53 Å². The number of carbonyl (C=O) groups is 2. The number of rotatable bonds is 7. The van der Waals surface area contributed by atoms with Crippen molar-refractivity contribution in [2.45, 2.75) is 20.8 Å². The molecule has 0 unspecified atom stereocenters. The van der Waals surface area contributed by atoms with Crippen molar-refractivity contribution in [3.05, 3.63) is 29.8 Å². The van der Waals surface area contributed by atoms with E-state index in [1.165, 1.54) is 0 Å². The lowest BCUT2D eigenvalue weighted by molar-refractivity contribution is -0.126. The molecule has 0 aliphatic carbocycles. The van der Waals surface area contributed by atoms with Gasteiger partial charge < -0.3 is 9.47 Å². The Morgan fingerprint density at radius 1 is 1.17 bits per heavy atom. The van der Waals surface area contributed by atoms with E-state index in [9.17, 15) is 9.59 Å². The summed E-state index contributed by atoms with van der Waals surface area (Å²) in [7, 11) is 0. The first-order valence-electron chi connectivity index (χ1n) is 7.63. The summed E-state index contributed by atoms with van der Waals surface area (Å²) in [6, 6.07) is 6.72. The van der Waals surface area contributed by atoms with E-state index in [4.69, 9.17) is 21.7 Å². The molecule has 2 amide bonds. The van der Waals surface area contributed by atoms with E-state index in [-0.39, 0.29) is 23.5 Å². The Balaban J connectivity index is 2.41. The zero-order chi connectivity index (χ0) is 17.9. The van der Waals surface area contributed by atoms with Crippen molar-refractivity contribution in [3.8, 4) is 5.75 Å². The molecule has 0 bridgehead atoms. The average molecular weight is 353 g/mol. The number of hydrogen-bond donors (Lipinski definition) is 3. The average Bonchev–Trinajstić information content (AvgIpc) is 2.56. The van der Waals surface area contributed by atoms with E-state index >= 15 is 0 Å². The molecule has 0 heterocycles. The van der Waals surface area contributed by atoms with Crippen molar-refractivity contribution in [1.29, 1.82) is 0 Å². The maximum atomic E-state index is 12.0. The van der Waals surface area contributed by atoms with E-state index in [0.717, 1.165) is 0 Å². The van der Waals surface area contributed by atoms with Gasteiger partial charge in [-0.3, -0.25) is 25.8 Å². The second-order valence-electron chi connectivity index (χ2n) is 5.32. The second kappa shape index (κ2) is 10.6. The molecule has 0 aliphatic rings. The maximum Gasteiger partial charge on any atom is 0.264 e. The van der Waals surface area contributed by atoms with Gasteiger partial charge in [0.25, 0.3) is 11.8 Å². The fourth-order valence-electron chi connectivity index (χ4n) is 1.53. The Bertz CT molecular complexity index is 561. The Morgan fingerprint density at radius 3 is 2.42 bits per heavy atom. The summed E-state index contributed by atoms with van der Waals surface area (Å²) in [5.41, 5.74) is 5.18. The highest BCUT2D eigenvalue weighted by Crippen LogP contribution is 2.13. The lowest BCUT2D eigenvalue weighted by Crippen LogP contribution is -2.49. The minimum absolute atomic E-state index is 0.00928. The van der Waals surface area contributed by atoms with Crippen molar-refractivity contribution < 1.29 is 19.1 Å². The Kier molecular flexibility index (Phi) is 8.74. The zero-order valence-electron chi connectivity index (χ0n) is 14.0. The normalized spacial score (nSPS) is 10.2. The number of ether oxygens (including phenoxy) is 2. The standard InChI is InChI=1S/C16H23N3O4S/c1-4-22-10-14(20)18-19-16(24)17-15(21)12-5-7-13(8-6-12)23-9-11(2)3/h5-8,11H,4,9-10H2,1-3H3,(H,18,20)(H2,17,19,21,24). The van der Waals surface area contributed by atoms with Gasteiger partial charge >= 0.3 is 0 Å². The minimum atomic E-state index is -0.389. The summed E-state index contributed by atoms with van der Waals surface area (Å²) < 4.78 is 10.5. The van der Waals surface area contributed by atoms with Crippen molar-refractivity contribution in [2.75, 3.05) is 19.8 Å². The SMILES string of the molecule is CCOCC(=O)NNC(=S)NC(=O)c1ccc(OCC(C)C)cc1. The quantitative estimate of drug-likeness (QED) is 0.507. The van der Waals surface area contributed by atoms with Gasteiger partial charge in [0.05, 0.1) is 6.61 Å². The number of benzene rings is 1. The fraction of sp³-hybridized carbons (Fsp3) is 0.438. The van der Waals surface area contributed by atoms with E-state index in [2.05, 4.69) is 30.0 Å². The summed E-state index contributed by atoms with van der Waals surface area (Å²) in [4.78, 5) is 23.4. The van der Waals surface area contributed by atoms with Crippen molar-refractivity contribution in [1.82, 2.24) is 16.2 Å². The highest BCUT2D eigenvalue weighted by molar-refractivity contribution is 7.80. The van der Waals surface area contributed by atoms with Gasteiger partial charge in [0.2, 0.25) is 0 Å². The first-order valence-corrected chi connectivity index (χ1v) is 8.04. The lowest BCUT2D eigenvalue weighted by atomic mass is 10.2. The Hall–Kier alpha value is -2.19. The van der Waals surface area contributed by atoms with Crippen LogP contribution in [0.3, 0.4) is 0 Å². The Morgan fingerprint density at radius 2 is 1.83 bits per heavy atom. The molecule has 0 aromatic heterocycles. The third-order valence-electron chi connectivity index (χ3n) is 2.68. The van der Waals surface area contributed by atoms with Crippen LogP contribution in [0.2, 0.25) is 0 Å². The van der Waals surface area contributed by atoms with Crippen LogP contribution in [0.25, 0.3) is 0 Å². The first kappa shape index (κ1) is 19.9. The molecular weight excluding hydrogens is 330 g/mol. The van der Waals surface area contributed by atoms with E-state index in [0.29, 0.717) is 30.4 Å². The fourth-order valence-corrected chi connectivity index (χ4v) is 1.67. The predicted octanol–water partition coefficient (Wildman–Crippen LogP) is 1.39. The molecule has 0 spiro atoms. The van der Waals surface area contributed by atoms with Gasteiger partial charge in [-0.2, -0.15) is 0 Å². The topological polar surface area (TPSA) is 88.7 Å². The van der Waals surface area contributed by atoms with Crippen LogP contribution in [0.15, 0.2) is 24.3 Å². The summed E-state index contributed by atoms with van der Waals surface area (Å²) in [5, 5.41) is 2.45.